The zero-order chi connectivity index (χ0) is 12.4. The van der Waals surface area contributed by atoms with E-state index in [9.17, 15) is 4.79 Å². The van der Waals surface area contributed by atoms with Gasteiger partial charge in [-0.05, 0) is 18.9 Å². The van der Waals surface area contributed by atoms with Crippen LogP contribution in [0.1, 0.15) is 37.2 Å². The van der Waals surface area contributed by atoms with Crippen LogP contribution >= 0.6 is 0 Å². The van der Waals surface area contributed by atoms with Crippen LogP contribution < -0.4 is 10.1 Å². The molecule has 1 saturated carbocycles. The number of fused-ring (bicyclic) bond motifs is 1. The Hall–Kier alpha value is -1.51. The molecule has 1 heterocycles. The quantitative estimate of drug-likeness (QED) is 0.888. The molecule has 0 bridgehead atoms. The number of hydrogen-bond donors (Lipinski definition) is 1. The largest absolute Gasteiger partial charge is 0.493 e. The van der Waals surface area contributed by atoms with Crippen molar-refractivity contribution in [3.8, 4) is 5.75 Å². The number of rotatable bonds is 3. The molecule has 3 heteroatoms. The maximum atomic E-state index is 12.0. The van der Waals surface area contributed by atoms with Crippen LogP contribution in [0.25, 0.3) is 0 Å². The van der Waals surface area contributed by atoms with Gasteiger partial charge in [0.15, 0.2) is 0 Å². The van der Waals surface area contributed by atoms with Crippen molar-refractivity contribution in [1.82, 2.24) is 5.32 Å². The molecule has 1 fully saturated rings. The Labute approximate surface area is 108 Å². The Morgan fingerprint density at radius 1 is 1.28 bits per heavy atom. The van der Waals surface area contributed by atoms with Crippen molar-refractivity contribution < 1.29 is 9.53 Å². The molecule has 96 valence electrons. The van der Waals surface area contributed by atoms with Crippen molar-refractivity contribution in [3.63, 3.8) is 0 Å². The van der Waals surface area contributed by atoms with Crippen molar-refractivity contribution in [2.75, 3.05) is 13.2 Å². The fraction of sp³-hybridized carbons (Fsp3) is 0.533. The van der Waals surface area contributed by atoms with E-state index in [4.69, 9.17) is 4.74 Å². The topological polar surface area (TPSA) is 38.3 Å². The van der Waals surface area contributed by atoms with E-state index in [1.165, 1.54) is 18.4 Å². The first-order chi connectivity index (χ1) is 8.84. The predicted molar refractivity (Wildman–Crippen MR) is 69.6 cm³/mol. The van der Waals surface area contributed by atoms with Crippen molar-refractivity contribution >= 4 is 5.91 Å². The summed E-state index contributed by atoms with van der Waals surface area (Å²) in [5.41, 5.74) is 1.23. The van der Waals surface area contributed by atoms with E-state index in [1.54, 1.807) is 0 Å². The number of hydrogen-bond acceptors (Lipinski definition) is 2. The third-order valence-electron chi connectivity index (χ3n) is 4.05. The molecule has 1 amide bonds. The lowest BCUT2D eigenvalue weighted by atomic mass is 10.0. The highest BCUT2D eigenvalue weighted by molar-refractivity contribution is 5.78. The first-order valence-electron chi connectivity index (χ1n) is 6.84. The number of para-hydroxylation sites is 1. The Morgan fingerprint density at radius 3 is 2.89 bits per heavy atom. The summed E-state index contributed by atoms with van der Waals surface area (Å²) in [5, 5.41) is 3.09. The summed E-state index contributed by atoms with van der Waals surface area (Å²) in [6.07, 6.45) is 4.52. The molecule has 18 heavy (non-hydrogen) atoms. The summed E-state index contributed by atoms with van der Waals surface area (Å²) in [5.74, 6) is 1.77. The molecule has 0 radical (unpaired) electrons. The molecule has 1 aromatic carbocycles. The van der Waals surface area contributed by atoms with Gasteiger partial charge >= 0.3 is 0 Å². The highest BCUT2D eigenvalue weighted by Gasteiger charge is 2.26. The van der Waals surface area contributed by atoms with E-state index < -0.39 is 0 Å². The van der Waals surface area contributed by atoms with Crippen molar-refractivity contribution in [1.29, 1.82) is 0 Å². The monoisotopic (exact) mass is 245 g/mol. The summed E-state index contributed by atoms with van der Waals surface area (Å²) >= 11 is 0. The van der Waals surface area contributed by atoms with Crippen molar-refractivity contribution in [2.45, 2.75) is 31.6 Å². The van der Waals surface area contributed by atoms with E-state index in [1.807, 2.05) is 18.2 Å². The Kier molecular flexibility index (Phi) is 3.22. The highest BCUT2D eigenvalue weighted by atomic mass is 16.5. The van der Waals surface area contributed by atoms with Gasteiger partial charge < -0.3 is 10.1 Å². The second-order valence-electron chi connectivity index (χ2n) is 5.27. The van der Waals surface area contributed by atoms with Crippen LogP contribution in [0.4, 0.5) is 0 Å². The van der Waals surface area contributed by atoms with E-state index in [2.05, 4.69) is 11.4 Å². The van der Waals surface area contributed by atoms with E-state index in [0.29, 0.717) is 19.1 Å². The van der Waals surface area contributed by atoms with Crippen molar-refractivity contribution in [2.24, 2.45) is 5.92 Å². The Morgan fingerprint density at radius 2 is 2.06 bits per heavy atom. The predicted octanol–water partition coefficient (Wildman–Crippen LogP) is 2.47. The molecule has 1 aliphatic carbocycles. The Balaban J connectivity index is 1.57. The molecule has 3 nitrogen and oxygen atoms in total. The number of carbonyl (C=O) groups excluding carboxylic acids is 1. The van der Waals surface area contributed by atoms with Gasteiger partial charge in [-0.25, -0.2) is 0 Å². The summed E-state index contributed by atoms with van der Waals surface area (Å²) in [4.78, 5) is 12.0. The maximum absolute atomic E-state index is 12.0. The number of carbonyl (C=O) groups is 1. The molecule has 1 N–H and O–H groups in total. The molecule has 2 aliphatic rings. The fourth-order valence-corrected chi connectivity index (χ4v) is 2.95. The van der Waals surface area contributed by atoms with Crippen molar-refractivity contribution in [3.05, 3.63) is 29.8 Å². The van der Waals surface area contributed by atoms with Gasteiger partial charge in [-0.3, -0.25) is 4.79 Å². The van der Waals surface area contributed by atoms with E-state index in [-0.39, 0.29) is 11.8 Å². The summed E-state index contributed by atoms with van der Waals surface area (Å²) in [6, 6.07) is 8.10. The Bertz CT molecular complexity index is 438. The van der Waals surface area contributed by atoms with Gasteiger partial charge in [0.05, 0.1) is 6.61 Å². The van der Waals surface area contributed by atoms with Gasteiger partial charge in [-0.15, -0.1) is 0 Å². The SMILES string of the molecule is O=C(NCC1COc2ccccc21)C1CCCC1. The average molecular weight is 245 g/mol. The minimum atomic E-state index is 0.233. The highest BCUT2D eigenvalue weighted by Crippen LogP contribution is 2.33. The molecular formula is C15H19NO2. The van der Waals surface area contributed by atoms with E-state index in [0.717, 1.165) is 18.6 Å². The van der Waals surface area contributed by atoms with E-state index >= 15 is 0 Å². The van der Waals surface area contributed by atoms with Gasteiger partial charge in [0.1, 0.15) is 5.75 Å². The first kappa shape index (κ1) is 11.6. The average Bonchev–Trinajstić information content (AvgIpc) is 3.06. The first-order valence-corrected chi connectivity index (χ1v) is 6.84. The lowest BCUT2D eigenvalue weighted by Gasteiger charge is -2.13. The summed E-state index contributed by atoms with van der Waals surface area (Å²) in [6.45, 7) is 1.39. The van der Waals surface area contributed by atoms with Gasteiger partial charge in [0, 0.05) is 23.9 Å². The second kappa shape index (κ2) is 5.01. The van der Waals surface area contributed by atoms with Gasteiger partial charge in [-0.1, -0.05) is 31.0 Å². The normalized spacial score (nSPS) is 22.6. The molecule has 1 aliphatic heterocycles. The van der Waals surface area contributed by atoms with Crippen LogP contribution in [0.3, 0.4) is 0 Å². The smallest absolute Gasteiger partial charge is 0.223 e. The number of amides is 1. The molecule has 0 spiro atoms. The summed E-state index contributed by atoms with van der Waals surface area (Å²) < 4.78 is 5.62. The minimum absolute atomic E-state index is 0.233. The summed E-state index contributed by atoms with van der Waals surface area (Å²) in [7, 11) is 0. The minimum Gasteiger partial charge on any atom is -0.493 e. The molecule has 0 aromatic heterocycles. The van der Waals surface area contributed by atoms with Crippen LogP contribution in [0.15, 0.2) is 24.3 Å². The molecule has 1 unspecified atom stereocenters. The molecule has 1 aromatic rings. The van der Waals surface area contributed by atoms with Crippen LogP contribution in [0.5, 0.6) is 5.75 Å². The third-order valence-corrected chi connectivity index (χ3v) is 4.05. The standard InChI is InChI=1S/C15H19NO2/c17-15(11-5-1-2-6-11)16-9-12-10-18-14-8-4-3-7-13(12)14/h3-4,7-8,11-12H,1-2,5-6,9-10H2,(H,16,17). The van der Waals surface area contributed by atoms with Gasteiger partial charge in [0.2, 0.25) is 5.91 Å². The zero-order valence-electron chi connectivity index (χ0n) is 10.5. The molecule has 0 saturated heterocycles. The fourth-order valence-electron chi connectivity index (χ4n) is 2.95. The number of ether oxygens (including phenoxy) is 1. The van der Waals surface area contributed by atoms with Crippen LogP contribution in [0.2, 0.25) is 0 Å². The lowest BCUT2D eigenvalue weighted by molar-refractivity contribution is -0.124. The van der Waals surface area contributed by atoms with Gasteiger partial charge in [0.25, 0.3) is 0 Å². The number of nitrogens with one attached hydrogen (secondary N) is 1. The lowest BCUT2D eigenvalue weighted by Crippen LogP contribution is -2.33. The molecular weight excluding hydrogens is 226 g/mol. The number of benzene rings is 1. The maximum Gasteiger partial charge on any atom is 0.223 e. The zero-order valence-corrected chi connectivity index (χ0v) is 10.5. The van der Waals surface area contributed by atoms with Crippen LogP contribution in [0, 0.1) is 5.92 Å². The second-order valence-corrected chi connectivity index (χ2v) is 5.27. The molecule has 1 atom stereocenters. The van der Waals surface area contributed by atoms with Crippen LogP contribution in [-0.4, -0.2) is 19.1 Å². The van der Waals surface area contributed by atoms with Gasteiger partial charge in [-0.2, -0.15) is 0 Å². The third kappa shape index (κ3) is 2.22. The molecule has 3 rings (SSSR count). The van der Waals surface area contributed by atoms with Crippen LogP contribution in [-0.2, 0) is 4.79 Å².